The lowest BCUT2D eigenvalue weighted by Crippen LogP contribution is -2.26. The van der Waals surface area contributed by atoms with Crippen LogP contribution in [0.3, 0.4) is 0 Å². The van der Waals surface area contributed by atoms with Crippen molar-refractivity contribution in [3.05, 3.63) is 59.2 Å². The second-order valence-corrected chi connectivity index (χ2v) is 11.0. The quantitative estimate of drug-likeness (QED) is 0.310. The van der Waals surface area contributed by atoms with Crippen LogP contribution in [-0.4, -0.2) is 37.9 Å². The highest BCUT2D eigenvalue weighted by Gasteiger charge is 2.54. The van der Waals surface area contributed by atoms with Gasteiger partial charge in [0.15, 0.2) is 12.2 Å². The van der Waals surface area contributed by atoms with Crippen LogP contribution in [0.4, 0.5) is 20.2 Å². The molecule has 0 amide bonds. The highest BCUT2D eigenvalue weighted by atomic mass is 19.3. The largest absolute Gasteiger partial charge is 0.446 e. The lowest BCUT2D eigenvalue weighted by molar-refractivity contribution is 0.0593. The van der Waals surface area contributed by atoms with E-state index in [2.05, 4.69) is 63.8 Å². The third-order valence-corrected chi connectivity index (χ3v) is 6.80. The van der Waals surface area contributed by atoms with Crippen molar-refractivity contribution in [1.82, 2.24) is 25.0 Å². The Morgan fingerprint density at radius 1 is 1.15 bits per heavy atom. The number of anilines is 2. The van der Waals surface area contributed by atoms with E-state index in [0.717, 1.165) is 0 Å². The van der Waals surface area contributed by atoms with E-state index in [0.29, 0.717) is 69.9 Å². The molecule has 2 N–H and O–H groups in total. The van der Waals surface area contributed by atoms with Crippen LogP contribution >= 0.6 is 0 Å². The van der Waals surface area contributed by atoms with E-state index in [1.807, 2.05) is 0 Å². The molecule has 0 spiro atoms. The van der Waals surface area contributed by atoms with Gasteiger partial charge in [0.2, 0.25) is 0 Å². The molecule has 12 heteroatoms. The highest BCUT2D eigenvalue weighted by molar-refractivity contribution is 5.99. The molecule has 10 nitrogen and oxygen atoms in total. The molecule has 39 heavy (non-hydrogen) atoms. The van der Waals surface area contributed by atoms with Crippen molar-refractivity contribution >= 4 is 22.3 Å². The predicted octanol–water partition coefficient (Wildman–Crippen LogP) is 5.28. The highest BCUT2D eigenvalue weighted by Crippen LogP contribution is 2.48. The summed E-state index contributed by atoms with van der Waals surface area (Å²) in [5.74, 6) is 0.428. The molecule has 1 aliphatic rings. The van der Waals surface area contributed by atoms with Crippen molar-refractivity contribution in [1.29, 1.82) is 10.5 Å². The number of pyridine rings is 1. The Bertz CT molecular complexity index is 1620. The van der Waals surface area contributed by atoms with Crippen molar-refractivity contribution < 1.29 is 13.2 Å². The van der Waals surface area contributed by atoms with Crippen LogP contribution in [0.2, 0.25) is 0 Å². The van der Waals surface area contributed by atoms with Crippen molar-refractivity contribution in [2.75, 3.05) is 17.2 Å². The summed E-state index contributed by atoms with van der Waals surface area (Å²) in [6.45, 7) is 8.55. The molecule has 3 heterocycles. The summed E-state index contributed by atoms with van der Waals surface area (Å²) in [6, 6.07) is 7.05. The van der Waals surface area contributed by atoms with Crippen LogP contribution < -0.4 is 10.6 Å². The first-order valence-electron chi connectivity index (χ1n) is 12.4. The molecular formula is C27H27F2N9O. The second kappa shape index (κ2) is 9.62. The SMILES string of the molecule is Cc1ncoc1[C@H](Nc1cc(C#N)c2ncc(C#N)c(NCC(C)(C)C)c2c1)c1cn(C2(C(F)F)CC2)nn1. The van der Waals surface area contributed by atoms with Gasteiger partial charge in [-0.3, -0.25) is 4.98 Å². The van der Waals surface area contributed by atoms with Crippen LogP contribution in [0.5, 0.6) is 0 Å². The van der Waals surface area contributed by atoms with Crippen LogP contribution in [0.1, 0.15) is 67.9 Å². The number of hydrogen-bond acceptors (Lipinski definition) is 9. The topological polar surface area (TPSA) is 141 Å². The number of benzene rings is 1. The molecule has 0 saturated heterocycles. The Morgan fingerprint density at radius 3 is 2.49 bits per heavy atom. The summed E-state index contributed by atoms with van der Waals surface area (Å²) in [5.41, 5.74) is 1.71. The van der Waals surface area contributed by atoms with Gasteiger partial charge >= 0.3 is 0 Å². The average Bonchev–Trinajstić information content (AvgIpc) is 3.37. The molecule has 0 bridgehead atoms. The monoisotopic (exact) mass is 531 g/mol. The van der Waals surface area contributed by atoms with Gasteiger partial charge in [0.25, 0.3) is 6.43 Å². The van der Waals surface area contributed by atoms with Gasteiger partial charge in [-0.2, -0.15) is 10.5 Å². The molecule has 0 aliphatic heterocycles. The Labute approximate surface area is 223 Å². The van der Waals surface area contributed by atoms with E-state index in [-0.39, 0.29) is 5.41 Å². The Kier molecular flexibility index (Phi) is 6.43. The number of aryl methyl sites for hydroxylation is 1. The van der Waals surface area contributed by atoms with Gasteiger partial charge in [-0.1, -0.05) is 26.0 Å². The lowest BCUT2D eigenvalue weighted by atomic mass is 9.96. The number of hydrogen-bond donors (Lipinski definition) is 2. The summed E-state index contributed by atoms with van der Waals surface area (Å²) < 4.78 is 34.3. The molecular weight excluding hydrogens is 504 g/mol. The minimum absolute atomic E-state index is 0.0753. The molecule has 0 radical (unpaired) electrons. The molecule has 3 aromatic heterocycles. The zero-order valence-electron chi connectivity index (χ0n) is 22.0. The van der Waals surface area contributed by atoms with Gasteiger partial charge in [-0.25, -0.2) is 18.4 Å². The lowest BCUT2D eigenvalue weighted by Gasteiger charge is -2.22. The predicted molar refractivity (Wildman–Crippen MR) is 139 cm³/mol. The molecule has 1 fully saturated rings. The third-order valence-electron chi connectivity index (χ3n) is 6.80. The van der Waals surface area contributed by atoms with Crippen molar-refractivity contribution in [3.8, 4) is 12.1 Å². The van der Waals surface area contributed by atoms with Gasteiger partial charge in [0, 0.05) is 23.8 Å². The van der Waals surface area contributed by atoms with Crippen molar-refractivity contribution in [3.63, 3.8) is 0 Å². The fourth-order valence-electron chi connectivity index (χ4n) is 4.43. The Balaban J connectivity index is 1.60. The molecule has 200 valence electrons. The molecule has 1 atom stereocenters. The summed E-state index contributed by atoms with van der Waals surface area (Å²) in [4.78, 5) is 8.56. The van der Waals surface area contributed by atoms with E-state index in [9.17, 15) is 19.3 Å². The maximum Gasteiger partial charge on any atom is 0.263 e. The van der Waals surface area contributed by atoms with Gasteiger partial charge in [-0.15, -0.1) is 5.10 Å². The van der Waals surface area contributed by atoms with Gasteiger partial charge < -0.3 is 15.1 Å². The zero-order chi connectivity index (χ0) is 27.9. The standard InChI is InChI=1S/C27H27F2N9O/c1-15-24(39-14-34-15)23(20-12-38(37-36-20)27(5-6-27)25(28)29)35-18-7-16(9-30)21-19(8-18)22(17(10-31)11-32-21)33-13-26(2,3)4/h7-8,11-12,14,23,25,35H,5-6,13H2,1-4H3,(H,32,33)/t23-/m1/s1. The number of aromatic nitrogens is 5. The smallest absolute Gasteiger partial charge is 0.263 e. The number of alkyl halides is 2. The number of nitriles is 2. The van der Waals surface area contributed by atoms with E-state index >= 15 is 0 Å². The molecule has 5 rings (SSSR count). The van der Waals surface area contributed by atoms with Crippen LogP contribution in [0.15, 0.2) is 35.3 Å². The molecule has 4 aromatic rings. The summed E-state index contributed by atoms with van der Waals surface area (Å²) in [7, 11) is 0. The Hall–Kier alpha value is -4.58. The fourth-order valence-corrected chi connectivity index (χ4v) is 4.43. The summed E-state index contributed by atoms with van der Waals surface area (Å²) in [6.07, 6.45) is 2.33. The number of oxazole rings is 1. The zero-order valence-corrected chi connectivity index (χ0v) is 22.0. The number of fused-ring (bicyclic) bond motifs is 1. The average molecular weight is 532 g/mol. The maximum absolute atomic E-state index is 13.7. The molecule has 1 aromatic carbocycles. The molecule has 1 aliphatic carbocycles. The van der Waals surface area contributed by atoms with Crippen LogP contribution in [0.25, 0.3) is 10.9 Å². The first-order valence-corrected chi connectivity index (χ1v) is 12.4. The minimum atomic E-state index is -2.56. The first-order chi connectivity index (χ1) is 18.6. The van der Waals surface area contributed by atoms with E-state index in [1.165, 1.54) is 23.5 Å². The second-order valence-electron chi connectivity index (χ2n) is 11.0. The number of nitrogens with one attached hydrogen (secondary N) is 2. The number of rotatable bonds is 8. The molecule has 0 unspecified atom stereocenters. The number of nitrogens with zero attached hydrogens (tertiary/aromatic N) is 7. The van der Waals surface area contributed by atoms with Gasteiger partial charge in [-0.05, 0) is 37.3 Å². The fraction of sp³-hybridized carbons (Fsp3) is 0.407. The maximum atomic E-state index is 13.7. The van der Waals surface area contributed by atoms with Crippen LogP contribution in [-0.2, 0) is 5.54 Å². The van der Waals surface area contributed by atoms with Gasteiger partial charge in [0.05, 0.1) is 34.2 Å². The first kappa shape index (κ1) is 26.0. The van der Waals surface area contributed by atoms with Crippen LogP contribution in [0, 0.1) is 35.0 Å². The van der Waals surface area contributed by atoms with E-state index in [1.54, 1.807) is 19.1 Å². The minimum Gasteiger partial charge on any atom is -0.446 e. The van der Waals surface area contributed by atoms with Crippen molar-refractivity contribution in [2.45, 2.75) is 58.5 Å². The number of halogens is 2. The van der Waals surface area contributed by atoms with E-state index < -0.39 is 18.0 Å². The van der Waals surface area contributed by atoms with E-state index in [4.69, 9.17) is 4.42 Å². The van der Waals surface area contributed by atoms with Crippen molar-refractivity contribution in [2.24, 2.45) is 5.41 Å². The third kappa shape index (κ3) is 4.86. The summed E-state index contributed by atoms with van der Waals surface area (Å²) >= 11 is 0. The van der Waals surface area contributed by atoms with Gasteiger partial charge in [0.1, 0.15) is 29.4 Å². The molecule has 1 saturated carbocycles. The normalized spacial score (nSPS) is 15.1. The Morgan fingerprint density at radius 2 is 1.90 bits per heavy atom. The summed E-state index contributed by atoms with van der Waals surface area (Å²) in [5, 5.41) is 35.2.